The molecule has 1 aromatic heterocycles. The number of halogens is 2. The highest BCUT2D eigenvalue weighted by molar-refractivity contribution is 7.90. The van der Waals surface area contributed by atoms with Crippen LogP contribution in [0.3, 0.4) is 0 Å². The van der Waals surface area contributed by atoms with E-state index in [9.17, 15) is 17.6 Å². The van der Waals surface area contributed by atoms with Crippen LogP contribution in [0.2, 0.25) is 5.02 Å². The maximum absolute atomic E-state index is 13.1. The lowest BCUT2D eigenvalue weighted by molar-refractivity contribution is 0.0981. The lowest BCUT2D eigenvalue weighted by Gasteiger charge is -2.09. The predicted molar refractivity (Wildman–Crippen MR) is 129 cm³/mol. The van der Waals surface area contributed by atoms with Crippen molar-refractivity contribution < 1.29 is 22.3 Å². The summed E-state index contributed by atoms with van der Waals surface area (Å²) in [4.78, 5) is 12.3. The van der Waals surface area contributed by atoms with Crippen molar-refractivity contribution in [2.75, 3.05) is 6.61 Å². The molecule has 35 heavy (non-hydrogen) atoms. The zero-order valence-corrected chi connectivity index (χ0v) is 19.8. The zero-order valence-electron chi connectivity index (χ0n) is 18.2. The highest BCUT2D eigenvalue weighted by atomic mass is 35.5. The van der Waals surface area contributed by atoms with E-state index < -0.39 is 21.7 Å². The van der Waals surface area contributed by atoms with Gasteiger partial charge in [0, 0.05) is 28.6 Å². The van der Waals surface area contributed by atoms with Crippen LogP contribution in [0.15, 0.2) is 89.8 Å². The molecule has 1 amide bonds. The maximum Gasteiger partial charge on any atom is 0.265 e. The van der Waals surface area contributed by atoms with Gasteiger partial charge in [-0.2, -0.15) is 0 Å². The van der Waals surface area contributed by atoms with Crippen LogP contribution < -0.4 is 9.46 Å². The van der Waals surface area contributed by atoms with Crippen LogP contribution in [0.5, 0.6) is 5.88 Å². The summed E-state index contributed by atoms with van der Waals surface area (Å²) in [6.07, 6.45) is 0.679. The molecule has 0 radical (unpaired) electrons. The summed E-state index contributed by atoms with van der Waals surface area (Å²) in [5, 5.41) is 8.87. The molecule has 1 N–H and O–H groups in total. The molecule has 1 heterocycles. The summed E-state index contributed by atoms with van der Waals surface area (Å²) in [6.45, 7) is 0.411. The van der Waals surface area contributed by atoms with E-state index in [-0.39, 0.29) is 10.5 Å². The van der Waals surface area contributed by atoms with E-state index in [4.69, 9.17) is 16.3 Å². The van der Waals surface area contributed by atoms with Gasteiger partial charge >= 0.3 is 0 Å². The van der Waals surface area contributed by atoms with E-state index in [1.54, 1.807) is 24.3 Å². The Morgan fingerprint density at radius 2 is 1.69 bits per heavy atom. The number of amides is 1. The summed E-state index contributed by atoms with van der Waals surface area (Å²) in [7, 11) is -4.16. The number of sulfonamides is 1. The van der Waals surface area contributed by atoms with Gasteiger partial charge in [-0.05, 0) is 60.2 Å². The molecule has 0 fully saturated rings. The summed E-state index contributed by atoms with van der Waals surface area (Å²) in [6, 6.07) is 21.3. The Hall–Kier alpha value is -3.82. The van der Waals surface area contributed by atoms with Crippen LogP contribution in [-0.4, -0.2) is 31.1 Å². The summed E-state index contributed by atoms with van der Waals surface area (Å²) in [5.74, 6) is -1.06. The first kappa shape index (κ1) is 24.3. The smallest absolute Gasteiger partial charge is 0.265 e. The highest BCUT2D eigenvalue weighted by Gasteiger charge is 2.19. The molecule has 178 valence electrons. The van der Waals surface area contributed by atoms with Gasteiger partial charge in [-0.15, -0.1) is 10.2 Å². The molecule has 4 rings (SSSR count). The second kappa shape index (κ2) is 10.6. The van der Waals surface area contributed by atoms with Crippen LogP contribution in [0.1, 0.15) is 15.9 Å². The molecule has 3 aromatic carbocycles. The number of aromatic nitrogens is 2. The third-order valence-corrected chi connectivity index (χ3v) is 6.56. The van der Waals surface area contributed by atoms with E-state index in [1.807, 2.05) is 29.0 Å². The van der Waals surface area contributed by atoms with E-state index >= 15 is 0 Å². The third-order valence-electron chi connectivity index (χ3n) is 4.97. The Morgan fingerprint density at radius 1 is 0.943 bits per heavy atom. The molecule has 0 aliphatic heterocycles. The Balaban J connectivity index is 1.40. The van der Waals surface area contributed by atoms with E-state index in [1.165, 1.54) is 12.1 Å². The van der Waals surface area contributed by atoms with Crippen LogP contribution >= 0.6 is 11.6 Å². The SMILES string of the molecule is O=C(NS(=O)(=O)c1ccc(F)cc1)c1cccc(-c2ccc(OCCc3ccc(Cl)cc3)nn2)c1. The molecule has 0 bridgehead atoms. The number of ether oxygens (including phenoxy) is 1. The molecule has 4 aromatic rings. The number of rotatable bonds is 8. The second-order valence-electron chi connectivity index (χ2n) is 7.45. The van der Waals surface area contributed by atoms with Gasteiger partial charge in [0.2, 0.25) is 5.88 Å². The van der Waals surface area contributed by atoms with Crippen LogP contribution in [0, 0.1) is 5.82 Å². The van der Waals surface area contributed by atoms with Crippen molar-refractivity contribution >= 4 is 27.5 Å². The molecule has 0 saturated heterocycles. The van der Waals surface area contributed by atoms with E-state index in [2.05, 4.69) is 10.2 Å². The van der Waals surface area contributed by atoms with Crippen LogP contribution in [0.4, 0.5) is 4.39 Å². The lowest BCUT2D eigenvalue weighted by Crippen LogP contribution is -2.30. The van der Waals surface area contributed by atoms with E-state index in [0.29, 0.717) is 35.2 Å². The lowest BCUT2D eigenvalue weighted by atomic mass is 10.1. The number of nitrogens with one attached hydrogen (secondary N) is 1. The number of hydrogen-bond acceptors (Lipinski definition) is 6. The fourth-order valence-corrected chi connectivity index (χ4v) is 4.25. The third kappa shape index (κ3) is 6.40. The van der Waals surface area contributed by atoms with E-state index in [0.717, 1.165) is 29.8 Å². The molecule has 0 unspecified atom stereocenters. The van der Waals surface area contributed by atoms with Gasteiger partial charge < -0.3 is 4.74 Å². The van der Waals surface area contributed by atoms with Crippen molar-refractivity contribution in [3.63, 3.8) is 0 Å². The first-order valence-corrected chi connectivity index (χ1v) is 12.3. The maximum atomic E-state index is 13.1. The Bertz CT molecular complexity index is 1430. The van der Waals surface area contributed by atoms with Gasteiger partial charge in [0.1, 0.15) is 5.82 Å². The monoisotopic (exact) mass is 511 g/mol. The normalized spacial score (nSPS) is 11.1. The molecular weight excluding hydrogens is 493 g/mol. The number of hydrogen-bond donors (Lipinski definition) is 1. The van der Waals surface area contributed by atoms with Crippen molar-refractivity contribution in [3.8, 4) is 17.1 Å². The largest absolute Gasteiger partial charge is 0.476 e. The summed E-state index contributed by atoms with van der Waals surface area (Å²) >= 11 is 5.88. The molecule has 10 heteroatoms. The number of benzene rings is 3. The quantitative estimate of drug-likeness (QED) is 0.369. The first-order chi connectivity index (χ1) is 16.8. The minimum absolute atomic E-state index is 0.110. The molecule has 0 atom stereocenters. The first-order valence-electron chi connectivity index (χ1n) is 10.4. The van der Waals surface area contributed by atoms with Crippen molar-refractivity contribution in [2.45, 2.75) is 11.3 Å². The molecular formula is C25H19ClFN3O4S. The Labute approximate surface area is 206 Å². The summed E-state index contributed by atoms with van der Waals surface area (Å²) in [5.41, 5.74) is 2.23. The minimum Gasteiger partial charge on any atom is -0.476 e. The Morgan fingerprint density at radius 3 is 2.37 bits per heavy atom. The van der Waals surface area contributed by atoms with Gasteiger partial charge in [-0.1, -0.05) is 35.9 Å². The highest BCUT2D eigenvalue weighted by Crippen LogP contribution is 2.20. The minimum atomic E-state index is -4.16. The predicted octanol–water partition coefficient (Wildman–Crippen LogP) is 4.68. The fourth-order valence-electron chi connectivity index (χ4n) is 3.15. The molecule has 0 aliphatic rings. The second-order valence-corrected chi connectivity index (χ2v) is 9.57. The summed E-state index contributed by atoms with van der Waals surface area (Å²) < 4.78 is 45.5. The van der Waals surface area contributed by atoms with Crippen LogP contribution in [0.25, 0.3) is 11.3 Å². The zero-order chi connectivity index (χ0) is 24.8. The van der Waals surface area contributed by atoms with Crippen molar-refractivity contribution in [1.29, 1.82) is 0 Å². The average Bonchev–Trinajstić information content (AvgIpc) is 2.86. The molecule has 0 aliphatic carbocycles. The number of carbonyl (C=O) groups is 1. The van der Waals surface area contributed by atoms with Gasteiger partial charge in [0.15, 0.2) is 0 Å². The average molecular weight is 512 g/mol. The molecule has 0 saturated carbocycles. The molecule has 7 nitrogen and oxygen atoms in total. The van der Waals surface area contributed by atoms with Crippen molar-refractivity contribution in [3.05, 3.63) is 107 Å². The van der Waals surface area contributed by atoms with Crippen molar-refractivity contribution in [1.82, 2.24) is 14.9 Å². The van der Waals surface area contributed by atoms with Crippen molar-refractivity contribution in [2.24, 2.45) is 0 Å². The number of carbonyl (C=O) groups excluding carboxylic acids is 1. The molecule has 0 spiro atoms. The number of nitrogens with zero attached hydrogens (tertiary/aromatic N) is 2. The fraction of sp³-hybridized carbons (Fsp3) is 0.0800. The Kier molecular flexibility index (Phi) is 7.38. The van der Waals surface area contributed by atoms with Gasteiger partial charge in [0.25, 0.3) is 15.9 Å². The standard InChI is InChI=1S/C25H19ClFN3O4S/c26-20-6-4-17(5-7-20)14-15-34-24-13-12-23(28-29-24)18-2-1-3-19(16-18)25(31)30-35(32,33)22-10-8-21(27)9-11-22/h1-13,16H,14-15H2,(H,30,31). The topological polar surface area (TPSA) is 98.2 Å². The van der Waals surface area contributed by atoms with Crippen LogP contribution in [-0.2, 0) is 16.4 Å². The van der Waals surface area contributed by atoms with Gasteiger partial charge in [0.05, 0.1) is 17.2 Å². The van der Waals surface area contributed by atoms with Gasteiger partial charge in [-0.25, -0.2) is 17.5 Å². The van der Waals surface area contributed by atoms with Gasteiger partial charge in [-0.3, -0.25) is 4.79 Å².